The molecule has 24 heavy (non-hydrogen) atoms. The van der Waals surface area contributed by atoms with E-state index in [0.717, 1.165) is 40.8 Å². The molecule has 4 heteroatoms. The van der Waals surface area contributed by atoms with Gasteiger partial charge in [-0.25, -0.2) is 9.97 Å². The Hall–Kier alpha value is -3.01. The maximum Gasteiger partial charge on any atom is 0.153 e. The lowest BCUT2D eigenvalue weighted by Gasteiger charge is -2.15. The van der Waals surface area contributed by atoms with Crippen LogP contribution in [0.1, 0.15) is 13.3 Å². The predicted molar refractivity (Wildman–Crippen MR) is 96.6 cm³/mol. The highest BCUT2D eigenvalue weighted by Crippen LogP contribution is 2.22. The Kier molecular flexibility index (Phi) is 3.58. The summed E-state index contributed by atoms with van der Waals surface area (Å²) in [5, 5.41) is 8.67. The standard InChI is InChI=1S/C20H18N4/c1-2-12-24-18(14-8-4-3-5-9-14)13-17-19(20(24)21)23-16-11-7-6-10-15(16)22-17/h3-11,13,21H,2,12H2,1H3. The highest BCUT2D eigenvalue weighted by molar-refractivity contribution is 5.87. The number of hydrogen-bond acceptors (Lipinski definition) is 3. The maximum absolute atomic E-state index is 8.67. The van der Waals surface area contributed by atoms with Crippen molar-refractivity contribution in [3.63, 3.8) is 0 Å². The van der Waals surface area contributed by atoms with Crippen LogP contribution in [0.25, 0.3) is 33.3 Å². The quantitative estimate of drug-likeness (QED) is 0.578. The summed E-state index contributed by atoms with van der Waals surface area (Å²) in [6, 6.07) is 20.0. The predicted octanol–water partition coefficient (Wildman–Crippen LogP) is 4.14. The number of fused-ring (bicyclic) bond motifs is 2. The second-order valence-corrected chi connectivity index (χ2v) is 5.84. The first-order chi connectivity index (χ1) is 11.8. The highest BCUT2D eigenvalue weighted by Gasteiger charge is 2.11. The van der Waals surface area contributed by atoms with Gasteiger partial charge in [-0.1, -0.05) is 49.4 Å². The average molecular weight is 314 g/mol. The molecule has 1 N–H and O–H groups in total. The molecule has 0 saturated carbocycles. The molecular formula is C20H18N4. The van der Waals surface area contributed by atoms with Gasteiger partial charge in [0.2, 0.25) is 0 Å². The number of para-hydroxylation sites is 2. The number of pyridine rings is 1. The van der Waals surface area contributed by atoms with Crippen LogP contribution in [-0.2, 0) is 6.54 Å². The van der Waals surface area contributed by atoms with Crippen molar-refractivity contribution in [3.05, 3.63) is 66.2 Å². The fraction of sp³-hybridized carbons (Fsp3) is 0.150. The minimum absolute atomic E-state index is 0.423. The molecule has 2 heterocycles. The van der Waals surface area contributed by atoms with Crippen molar-refractivity contribution in [2.45, 2.75) is 19.9 Å². The normalized spacial score (nSPS) is 11.2. The number of hydrogen-bond donors (Lipinski definition) is 1. The van der Waals surface area contributed by atoms with Gasteiger partial charge in [-0.3, -0.25) is 5.41 Å². The van der Waals surface area contributed by atoms with Crippen LogP contribution in [0.4, 0.5) is 0 Å². The van der Waals surface area contributed by atoms with Gasteiger partial charge in [-0.2, -0.15) is 0 Å². The summed E-state index contributed by atoms with van der Waals surface area (Å²) >= 11 is 0. The largest absolute Gasteiger partial charge is 0.324 e. The van der Waals surface area contributed by atoms with Crippen molar-refractivity contribution in [1.29, 1.82) is 5.41 Å². The third kappa shape index (κ3) is 2.36. The Labute approximate surface area is 140 Å². The first kappa shape index (κ1) is 14.6. The summed E-state index contributed by atoms with van der Waals surface area (Å²) in [6.07, 6.45) is 0.961. The topological polar surface area (TPSA) is 54.6 Å². The van der Waals surface area contributed by atoms with Crippen LogP contribution in [0.15, 0.2) is 60.7 Å². The summed E-state index contributed by atoms with van der Waals surface area (Å²) < 4.78 is 2.03. The average Bonchev–Trinajstić information content (AvgIpc) is 2.63. The van der Waals surface area contributed by atoms with Crippen molar-refractivity contribution >= 4 is 22.1 Å². The molecule has 0 aliphatic heterocycles. The van der Waals surface area contributed by atoms with Crippen LogP contribution < -0.4 is 5.49 Å². The van der Waals surface area contributed by atoms with E-state index in [1.807, 2.05) is 47.0 Å². The Morgan fingerprint density at radius 1 is 0.875 bits per heavy atom. The first-order valence-electron chi connectivity index (χ1n) is 8.18. The molecule has 0 spiro atoms. The van der Waals surface area contributed by atoms with Gasteiger partial charge in [0.05, 0.1) is 22.2 Å². The van der Waals surface area contributed by atoms with Gasteiger partial charge >= 0.3 is 0 Å². The highest BCUT2D eigenvalue weighted by atomic mass is 15.0. The van der Waals surface area contributed by atoms with Crippen molar-refractivity contribution < 1.29 is 0 Å². The van der Waals surface area contributed by atoms with Crippen LogP contribution in [0, 0.1) is 5.41 Å². The van der Waals surface area contributed by atoms with Crippen LogP contribution in [0.5, 0.6) is 0 Å². The van der Waals surface area contributed by atoms with E-state index in [1.165, 1.54) is 0 Å². The number of nitrogens with zero attached hydrogens (tertiary/aromatic N) is 3. The number of aromatic nitrogens is 3. The Morgan fingerprint density at radius 3 is 2.25 bits per heavy atom. The third-order valence-corrected chi connectivity index (χ3v) is 4.17. The Morgan fingerprint density at radius 2 is 1.54 bits per heavy atom. The van der Waals surface area contributed by atoms with Crippen molar-refractivity contribution in [2.75, 3.05) is 0 Å². The lowest BCUT2D eigenvalue weighted by molar-refractivity contribution is 0.649. The lowest BCUT2D eigenvalue weighted by atomic mass is 10.1. The zero-order chi connectivity index (χ0) is 16.5. The molecule has 0 radical (unpaired) electrons. The fourth-order valence-electron chi connectivity index (χ4n) is 3.05. The van der Waals surface area contributed by atoms with E-state index >= 15 is 0 Å². The zero-order valence-corrected chi connectivity index (χ0v) is 13.5. The van der Waals surface area contributed by atoms with E-state index in [4.69, 9.17) is 10.4 Å². The summed E-state index contributed by atoms with van der Waals surface area (Å²) in [5.74, 6) is 0. The zero-order valence-electron chi connectivity index (χ0n) is 13.5. The SMILES string of the molecule is CCCn1c(-c2ccccc2)cc2nc3ccccc3nc2c1=N. The molecule has 0 unspecified atom stereocenters. The second-order valence-electron chi connectivity index (χ2n) is 5.84. The molecule has 118 valence electrons. The van der Waals surface area contributed by atoms with Gasteiger partial charge < -0.3 is 4.57 Å². The van der Waals surface area contributed by atoms with Crippen LogP contribution >= 0.6 is 0 Å². The number of rotatable bonds is 3. The molecule has 4 aromatic rings. The number of nitrogens with one attached hydrogen (secondary N) is 1. The molecule has 0 saturated heterocycles. The van der Waals surface area contributed by atoms with E-state index in [2.05, 4.69) is 30.1 Å². The van der Waals surface area contributed by atoms with Crippen molar-refractivity contribution in [3.8, 4) is 11.3 Å². The summed E-state index contributed by atoms with van der Waals surface area (Å²) in [5.41, 5.74) is 5.64. The molecule has 0 bridgehead atoms. The molecule has 4 nitrogen and oxygen atoms in total. The van der Waals surface area contributed by atoms with Gasteiger partial charge in [-0.05, 0) is 30.2 Å². The van der Waals surface area contributed by atoms with Crippen LogP contribution in [0.2, 0.25) is 0 Å². The molecule has 0 atom stereocenters. The van der Waals surface area contributed by atoms with E-state index in [-0.39, 0.29) is 0 Å². The van der Waals surface area contributed by atoms with E-state index in [0.29, 0.717) is 11.0 Å². The summed E-state index contributed by atoms with van der Waals surface area (Å²) in [6.45, 7) is 2.91. The van der Waals surface area contributed by atoms with E-state index in [1.54, 1.807) is 0 Å². The maximum atomic E-state index is 8.67. The van der Waals surface area contributed by atoms with E-state index in [9.17, 15) is 0 Å². The molecule has 2 aromatic carbocycles. The van der Waals surface area contributed by atoms with Gasteiger partial charge in [0, 0.05) is 6.54 Å². The van der Waals surface area contributed by atoms with E-state index < -0.39 is 0 Å². The minimum atomic E-state index is 0.423. The summed E-state index contributed by atoms with van der Waals surface area (Å²) in [4.78, 5) is 9.41. The Bertz CT molecular complexity index is 1080. The molecule has 4 rings (SSSR count). The monoisotopic (exact) mass is 314 g/mol. The molecule has 2 aromatic heterocycles. The molecule has 0 aliphatic rings. The molecular weight excluding hydrogens is 296 g/mol. The van der Waals surface area contributed by atoms with Crippen molar-refractivity contribution in [2.24, 2.45) is 0 Å². The van der Waals surface area contributed by atoms with Gasteiger partial charge in [0.1, 0.15) is 5.52 Å². The van der Waals surface area contributed by atoms with Crippen LogP contribution in [0.3, 0.4) is 0 Å². The third-order valence-electron chi connectivity index (χ3n) is 4.17. The molecule has 0 aliphatic carbocycles. The van der Waals surface area contributed by atoms with Gasteiger partial charge in [0.25, 0.3) is 0 Å². The second kappa shape index (κ2) is 5.89. The Balaban J connectivity index is 2.09. The molecule has 0 amide bonds. The first-order valence-corrected chi connectivity index (χ1v) is 8.18. The molecule has 0 fully saturated rings. The summed E-state index contributed by atoms with van der Waals surface area (Å²) in [7, 11) is 0. The van der Waals surface area contributed by atoms with Crippen LogP contribution in [-0.4, -0.2) is 14.5 Å². The van der Waals surface area contributed by atoms with Gasteiger partial charge in [0.15, 0.2) is 5.49 Å². The smallest absolute Gasteiger partial charge is 0.153 e. The van der Waals surface area contributed by atoms with Gasteiger partial charge in [-0.15, -0.1) is 0 Å². The number of benzene rings is 2. The lowest BCUT2D eigenvalue weighted by Crippen LogP contribution is -2.23. The fourth-order valence-corrected chi connectivity index (χ4v) is 3.05. The van der Waals surface area contributed by atoms with Crippen molar-refractivity contribution in [1.82, 2.24) is 14.5 Å². The minimum Gasteiger partial charge on any atom is -0.324 e.